The van der Waals surface area contributed by atoms with Crippen LogP contribution in [0.1, 0.15) is 53.9 Å². The molecule has 0 saturated carbocycles. The topological polar surface area (TPSA) is 59.4 Å². The van der Waals surface area contributed by atoms with Crippen LogP contribution in [0.2, 0.25) is 0 Å². The van der Waals surface area contributed by atoms with Gasteiger partial charge in [0.1, 0.15) is 11.8 Å². The molecule has 7 aromatic rings. The number of aromatic nitrogens is 4. The Morgan fingerprint density at radius 2 is 1.55 bits per heavy atom. The van der Waals surface area contributed by atoms with Gasteiger partial charge in [-0.25, -0.2) is 9.97 Å². The zero-order valence-corrected chi connectivity index (χ0v) is 26.4. The number of benzene rings is 4. The summed E-state index contributed by atoms with van der Waals surface area (Å²) in [5.41, 5.74) is 13.3. The third-order valence-electron chi connectivity index (χ3n) is 9.93. The van der Waals surface area contributed by atoms with E-state index in [9.17, 15) is 5.26 Å². The minimum Gasteiger partial charge on any atom is -0.313 e. The Hall–Kier alpha value is -5.73. The first-order valence-corrected chi connectivity index (χ1v) is 16.6. The van der Waals surface area contributed by atoms with Gasteiger partial charge in [0.05, 0.1) is 22.2 Å². The second kappa shape index (κ2) is 11.0. The van der Waals surface area contributed by atoms with Crippen LogP contribution in [-0.2, 0) is 12.8 Å². The molecule has 4 aromatic carbocycles. The Morgan fingerprint density at radius 1 is 0.723 bits per heavy atom. The van der Waals surface area contributed by atoms with Crippen molar-refractivity contribution in [1.82, 2.24) is 19.1 Å². The molecule has 3 heterocycles. The number of nitrogens with zero attached hydrogens (tertiary/aromatic N) is 5. The number of aryl methyl sites for hydroxylation is 2. The van der Waals surface area contributed by atoms with Gasteiger partial charge in [-0.3, -0.25) is 4.57 Å². The number of hydrogen-bond acceptors (Lipinski definition) is 3. The predicted molar refractivity (Wildman–Crippen MR) is 191 cm³/mol. The number of fused-ring (bicyclic) bond motifs is 6. The van der Waals surface area contributed by atoms with Crippen LogP contribution >= 0.6 is 0 Å². The number of nitriles is 1. The van der Waals surface area contributed by atoms with Crippen molar-refractivity contribution in [2.75, 3.05) is 0 Å². The van der Waals surface area contributed by atoms with Crippen molar-refractivity contribution < 1.29 is 0 Å². The van der Waals surface area contributed by atoms with Gasteiger partial charge in [-0.2, -0.15) is 5.26 Å². The first-order valence-electron chi connectivity index (χ1n) is 16.6. The Kier molecular flexibility index (Phi) is 6.43. The van der Waals surface area contributed by atoms with Gasteiger partial charge in [-0.05, 0) is 116 Å². The van der Waals surface area contributed by atoms with E-state index < -0.39 is 0 Å². The average molecular weight is 608 g/mol. The summed E-state index contributed by atoms with van der Waals surface area (Å²) in [5, 5.41) is 13.6. The molecule has 0 fully saturated rings. The van der Waals surface area contributed by atoms with Crippen molar-refractivity contribution in [3.8, 4) is 28.8 Å². The summed E-state index contributed by atoms with van der Waals surface area (Å²) < 4.78 is 4.62. The minimum absolute atomic E-state index is 0.362. The highest BCUT2D eigenvalue weighted by atomic mass is 15.2. The summed E-state index contributed by atoms with van der Waals surface area (Å²) in [6.45, 7) is 2.21. The summed E-state index contributed by atoms with van der Waals surface area (Å²) in [6, 6.07) is 34.9. The van der Waals surface area contributed by atoms with Crippen molar-refractivity contribution >= 4 is 38.3 Å². The Balaban J connectivity index is 1.27. The third-order valence-corrected chi connectivity index (χ3v) is 9.93. The number of para-hydroxylation sites is 2. The molecule has 2 aliphatic rings. The van der Waals surface area contributed by atoms with E-state index in [2.05, 4.69) is 125 Å². The summed E-state index contributed by atoms with van der Waals surface area (Å²) in [4.78, 5) is 9.84. The van der Waals surface area contributed by atoms with E-state index in [1.54, 1.807) is 6.07 Å². The largest absolute Gasteiger partial charge is 0.313 e. The van der Waals surface area contributed by atoms with Gasteiger partial charge < -0.3 is 4.57 Å². The molecule has 0 bridgehead atoms. The molecule has 0 saturated heterocycles. The lowest BCUT2D eigenvalue weighted by Crippen LogP contribution is -2.06. The maximum atomic E-state index is 9.99. The number of rotatable bonds is 4. The van der Waals surface area contributed by atoms with Gasteiger partial charge in [-0.1, -0.05) is 60.7 Å². The highest BCUT2D eigenvalue weighted by Crippen LogP contribution is 2.40. The summed E-state index contributed by atoms with van der Waals surface area (Å²) in [7, 11) is 0. The summed E-state index contributed by atoms with van der Waals surface area (Å²) >= 11 is 0. The molecule has 2 aliphatic carbocycles. The first kappa shape index (κ1) is 27.6. The van der Waals surface area contributed by atoms with Gasteiger partial charge in [0.25, 0.3) is 0 Å². The van der Waals surface area contributed by atoms with Crippen LogP contribution in [0.5, 0.6) is 0 Å². The molecule has 0 amide bonds. The molecule has 5 nitrogen and oxygen atoms in total. The Morgan fingerprint density at radius 3 is 2.40 bits per heavy atom. The molecule has 9 rings (SSSR count). The molecule has 0 atom stereocenters. The van der Waals surface area contributed by atoms with Crippen LogP contribution in [0.3, 0.4) is 0 Å². The van der Waals surface area contributed by atoms with E-state index in [-0.39, 0.29) is 0 Å². The molecule has 0 unspecified atom stereocenters. The monoisotopic (exact) mass is 607 g/mol. The maximum absolute atomic E-state index is 9.99. The lowest BCUT2D eigenvalue weighted by molar-refractivity contribution is 0.667. The smallest absolute Gasteiger partial charge is 0.236 e. The normalized spacial score (nSPS) is 14.4. The second-order valence-electron chi connectivity index (χ2n) is 12.8. The molecular formula is C42H33N5. The van der Waals surface area contributed by atoms with Crippen molar-refractivity contribution in [2.45, 2.75) is 45.4 Å². The van der Waals surface area contributed by atoms with Gasteiger partial charge in [-0.15, -0.1) is 0 Å². The van der Waals surface area contributed by atoms with Crippen LogP contribution in [0.15, 0.2) is 109 Å². The molecular weight excluding hydrogens is 574 g/mol. The zero-order valence-electron chi connectivity index (χ0n) is 26.4. The second-order valence-corrected chi connectivity index (χ2v) is 12.8. The lowest BCUT2D eigenvalue weighted by Gasteiger charge is -2.16. The van der Waals surface area contributed by atoms with Crippen molar-refractivity contribution in [2.24, 2.45) is 0 Å². The third kappa shape index (κ3) is 4.44. The van der Waals surface area contributed by atoms with Gasteiger partial charge in [0.15, 0.2) is 0 Å². The van der Waals surface area contributed by atoms with Crippen molar-refractivity contribution in [1.29, 1.82) is 5.26 Å². The lowest BCUT2D eigenvalue weighted by atomic mass is 9.93. The predicted octanol–water partition coefficient (Wildman–Crippen LogP) is 9.98. The van der Waals surface area contributed by atoms with E-state index in [4.69, 9.17) is 9.97 Å². The number of hydrogen-bond donors (Lipinski definition) is 0. The Labute approximate surface area is 273 Å². The highest BCUT2D eigenvalue weighted by Gasteiger charge is 2.23. The van der Waals surface area contributed by atoms with E-state index in [0.717, 1.165) is 58.8 Å². The van der Waals surface area contributed by atoms with Crippen molar-refractivity contribution in [3.05, 3.63) is 137 Å². The SMILES string of the molecule is Cc1cc2c3ccccc3n(-c3nc(C#N)cc(C4=CCCC=C4)n3)c2cc1-c1ccc2c(c1)c1c(n2-c2ccccc2)CCCC1. The maximum Gasteiger partial charge on any atom is 0.236 e. The summed E-state index contributed by atoms with van der Waals surface area (Å²) in [6.07, 6.45) is 13.1. The molecule has 3 aromatic heterocycles. The van der Waals surface area contributed by atoms with Crippen LogP contribution < -0.4 is 0 Å². The average Bonchev–Trinajstić information content (AvgIpc) is 3.63. The van der Waals surface area contributed by atoms with Crippen LogP contribution in [0.4, 0.5) is 0 Å². The minimum atomic E-state index is 0.362. The standard InChI is InChI=1S/C42H33N5/c1-27-22-35-32-16-9-11-19-39(32)47(42-44-30(26-43)24-37(45-42)28-12-4-2-5-13-28)41(35)25-34(27)29-20-21-40-36(23-29)33-17-8-10-18-38(33)46(40)31-14-6-3-7-15-31/h3-4,6-7,9,11-16,19-25H,2,5,8,10,17-18H2,1H3. The van der Waals surface area contributed by atoms with Gasteiger partial charge >= 0.3 is 0 Å². The van der Waals surface area contributed by atoms with Crippen LogP contribution in [0, 0.1) is 18.3 Å². The molecule has 0 N–H and O–H groups in total. The fraction of sp³-hybridized carbons (Fsp3) is 0.167. The summed E-state index contributed by atoms with van der Waals surface area (Å²) in [5.74, 6) is 0.518. The molecule has 47 heavy (non-hydrogen) atoms. The van der Waals surface area contributed by atoms with E-state index >= 15 is 0 Å². The van der Waals surface area contributed by atoms with Gasteiger partial charge in [0, 0.05) is 33.6 Å². The number of allylic oxidation sites excluding steroid dienone is 4. The van der Waals surface area contributed by atoms with E-state index in [1.807, 2.05) is 0 Å². The quantitative estimate of drug-likeness (QED) is 0.200. The molecule has 226 valence electrons. The van der Waals surface area contributed by atoms with Crippen molar-refractivity contribution in [3.63, 3.8) is 0 Å². The molecule has 5 heteroatoms. The first-order chi connectivity index (χ1) is 23.2. The molecule has 0 spiro atoms. The fourth-order valence-corrected chi connectivity index (χ4v) is 7.78. The molecule has 0 radical (unpaired) electrons. The van der Waals surface area contributed by atoms with E-state index in [1.165, 1.54) is 57.4 Å². The highest BCUT2D eigenvalue weighted by molar-refractivity contribution is 6.10. The van der Waals surface area contributed by atoms with Crippen LogP contribution in [0.25, 0.3) is 61.0 Å². The molecule has 0 aliphatic heterocycles. The fourth-order valence-electron chi connectivity index (χ4n) is 7.78. The zero-order chi connectivity index (χ0) is 31.5. The Bertz CT molecular complexity index is 2480. The van der Waals surface area contributed by atoms with E-state index in [0.29, 0.717) is 11.6 Å². The van der Waals surface area contributed by atoms with Gasteiger partial charge in [0.2, 0.25) is 5.95 Å². The van der Waals surface area contributed by atoms with Crippen LogP contribution in [-0.4, -0.2) is 19.1 Å².